The number of pyridine rings is 2. The van der Waals surface area contributed by atoms with Gasteiger partial charge in [0.15, 0.2) is 11.5 Å². The van der Waals surface area contributed by atoms with Crippen LogP contribution in [0.15, 0.2) is 29.1 Å². The summed E-state index contributed by atoms with van der Waals surface area (Å²) < 4.78 is 34.9. The molecule has 3 aliphatic heterocycles. The third kappa shape index (κ3) is 2.84. The quantitative estimate of drug-likeness (QED) is 0.356. The van der Waals surface area contributed by atoms with Gasteiger partial charge in [-0.05, 0) is 24.6 Å². The van der Waals surface area contributed by atoms with Crippen molar-refractivity contribution in [2.45, 2.75) is 32.1 Å². The summed E-state index contributed by atoms with van der Waals surface area (Å²) in [5.74, 6) is 0.458. The Morgan fingerprint density at radius 1 is 1.15 bits per heavy atom. The summed E-state index contributed by atoms with van der Waals surface area (Å²) in [7, 11) is -3.13. The minimum absolute atomic E-state index is 0.0187. The van der Waals surface area contributed by atoms with E-state index in [0.717, 1.165) is 10.9 Å². The Bertz CT molecular complexity index is 1450. The van der Waals surface area contributed by atoms with Crippen molar-refractivity contribution in [2.75, 3.05) is 13.2 Å². The monoisotopic (exact) mass is 469 g/mol. The molecular weight excluding hydrogens is 451 g/mol. The summed E-state index contributed by atoms with van der Waals surface area (Å²) in [6, 6.07) is 7.28. The molecule has 0 radical (unpaired) electrons. The first-order valence-electron chi connectivity index (χ1n) is 10.4. The number of rotatable bonds is 3. The highest BCUT2D eigenvalue weighted by Crippen LogP contribution is 2.45. The highest BCUT2D eigenvalue weighted by atomic mass is 31.1. The fraction of sp³-hybridized carbons (Fsp3) is 0.318. The van der Waals surface area contributed by atoms with Crippen LogP contribution < -0.4 is 15.0 Å². The zero-order chi connectivity index (χ0) is 22.9. The largest absolute Gasteiger partial charge is 0.696 e. The molecule has 3 aliphatic rings. The van der Waals surface area contributed by atoms with Crippen molar-refractivity contribution in [1.29, 1.82) is 0 Å². The van der Waals surface area contributed by atoms with Gasteiger partial charge in [-0.3, -0.25) is 4.79 Å². The average molecular weight is 469 g/mol. The highest BCUT2D eigenvalue weighted by Gasteiger charge is 2.54. The number of hydrogen-bond acceptors (Lipinski definition) is 8. The van der Waals surface area contributed by atoms with E-state index in [1.54, 1.807) is 23.6 Å². The first-order chi connectivity index (χ1) is 15.9. The number of hydrogen-bond donors (Lipinski definition) is 1. The molecule has 0 spiro atoms. The van der Waals surface area contributed by atoms with Crippen molar-refractivity contribution in [2.24, 2.45) is 0 Å². The van der Waals surface area contributed by atoms with Crippen LogP contribution in [0.1, 0.15) is 30.0 Å². The number of carbonyl (C=O) groups is 1. The molecular formula is C22H18N2O8P+. The van der Waals surface area contributed by atoms with Crippen molar-refractivity contribution < 1.29 is 33.0 Å². The standard InChI is InChI=1S/C22H17N2O8P/c1-2-22(32-33(27)28)14-7-16-19-12(9-24(16)20(25)13(14)10-31-21(22)26)5-11-6-17-18(8-15(11)23-19)30-4-3-29-17/h5-8H,2-4,9-10H2,1H3/p+1/t22-/m0/s1. The molecule has 6 rings (SSSR count). The maximum atomic E-state index is 13.4. The molecule has 0 aliphatic carbocycles. The number of esters is 1. The molecule has 10 nitrogen and oxygen atoms in total. The van der Waals surface area contributed by atoms with Gasteiger partial charge in [-0.15, -0.1) is 4.89 Å². The van der Waals surface area contributed by atoms with E-state index in [4.69, 9.17) is 23.7 Å². The summed E-state index contributed by atoms with van der Waals surface area (Å²) in [5, 5.41) is 0.852. The Morgan fingerprint density at radius 2 is 1.91 bits per heavy atom. The third-order valence-electron chi connectivity index (χ3n) is 6.37. The maximum Gasteiger partial charge on any atom is 0.696 e. The molecule has 2 aromatic heterocycles. The molecule has 0 fully saturated rings. The second-order valence-corrected chi connectivity index (χ2v) is 8.74. The van der Waals surface area contributed by atoms with Crippen molar-refractivity contribution in [3.63, 3.8) is 0 Å². The molecule has 0 saturated heterocycles. The molecule has 1 unspecified atom stereocenters. The predicted molar refractivity (Wildman–Crippen MR) is 114 cm³/mol. The lowest BCUT2D eigenvalue weighted by molar-refractivity contribution is -0.169. The summed E-state index contributed by atoms with van der Waals surface area (Å²) in [6.45, 7) is 2.63. The maximum absolute atomic E-state index is 13.4. The van der Waals surface area contributed by atoms with Crippen molar-refractivity contribution in [1.82, 2.24) is 9.55 Å². The Hall–Kier alpha value is -3.33. The van der Waals surface area contributed by atoms with Gasteiger partial charge in [0.1, 0.15) is 19.8 Å². The lowest BCUT2D eigenvalue weighted by atomic mass is 9.86. The van der Waals surface area contributed by atoms with E-state index in [1.807, 2.05) is 12.1 Å². The summed E-state index contributed by atoms with van der Waals surface area (Å²) in [6.07, 6.45) is 0.0187. The number of cyclic esters (lactones) is 1. The van der Waals surface area contributed by atoms with E-state index in [0.29, 0.717) is 48.2 Å². The molecule has 1 N–H and O–H groups in total. The molecule has 5 heterocycles. The third-order valence-corrected chi connectivity index (χ3v) is 6.84. The number of fused-ring (bicyclic) bond motifs is 6. The number of aromatic nitrogens is 2. The van der Waals surface area contributed by atoms with Crippen LogP contribution in [0.25, 0.3) is 22.3 Å². The van der Waals surface area contributed by atoms with Gasteiger partial charge in [0.05, 0.1) is 29.0 Å². The first kappa shape index (κ1) is 20.3. The fourth-order valence-corrected chi connectivity index (χ4v) is 5.36. The molecule has 2 atom stereocenters. The van der Waals surface area contributed by atoms with Crippen molar-refractivity contribution >= 4 is 25.1 Å². The number of nitrogens with zero attached hydrogens (tertiary/aromatic N) is 2. The molecule has 0 saturated carbocycles. The van der Waals surface area contributed by atoms with Crippen LogP contribution in [0.2, 0.25) is 0 Å². The zero-order valence-electron chi connectivity index (χ0n) is 17.5. The normalized spacial score (nSPS) is 20.7. The minimum atomic E-state index is -3.13. The highest BCUT2D eigenvalue weighted by molar-refractivity contribution is 7.32. The van der Waals surface area contributed by atoms with Crippen LogP contribution in [0.5, 0.6) is 11.5 Å². The van der Waals surface area contributed by atoms with Gasteiger partial charge in [-0.2, -0.15) is 0 Å². The first-order valence-corrected chi connectivity index (χ1v) is 11.6. The second kappa shape index (κ2) is 7.08. The summed E-state index contributed by atoms with van der Waals surface area (Å²) in [5.41, 5.74) is 0.894. The zero-order valence-corrected chi connectivity index (χ0v) is 18.4. The van der Waals surface area contributed by atoms with E-state index < -0.39 is 19.8 Å². The summed E-state index contributed by atoms with van der Waals surface area (Å²) in [4.78, 5) is 40.3. The van der Waals surface area contributed by atoms with Crippen LogP contribution in [0.3, 0.4) is 0 Å². The minimum Gasteiger partial charge on any atom is -0.486 e. The molecule has 168 valence electrons. The van der Waals surface area contributed by atoms with Crippen molar-refractivity contribution in [3.05, 3.63) is 51.3 Å². The van der Waals surface area contributed by atoms with E-state index in [9.17, 15) is 19.0 Å². The molecule has 1 aromatic carbocycles. The van der Waals surface area contributed by atoms with Crippen LogP contribution in [0, 0.1) is 0 Å². The molecule has 11 heteroatoms. The smallest absolute Gasteiger partial charge is 0.486 e. The van der Waals surface area contributed by atoms with Gasteiger partial charge in [0.25, 0.3) is 5.56 Å². The molecule has 0 bridgehead atoms. The molecule has 3 aromatic rings. The Balaban J connectivity index is 1.57. The van der Waals surface area contributed by atoms with Gasteiger partial charge in [-0.1, -0.05) is 11.4 Å². The van der Waals surface area contributed by atoms with Crippen molar-refractivity contribution in [3.8, 4) is 22.9 Å². The van der Waals surface area contributed by atoms with Gasteiger partial charge < -0.3 is 18.8 Å². The topological polar surface area (TPSA) is 126 Å². The average Bonchev–Trinajstić information content (AvgIpc) is 3.15. The van der Waals surface area contributed by atoms with Gasteiger partial charge in [0, 0.05) is 27.1 Å². The van der Waals surface area contributed by atoms with E-state index in [2.05, 4.69) is 0 Å². The predicted octanol–water partition coefficient (Wildman–Crippen LogP) is 2.52. The summed E-state index contributed by atoms with van der Waals surface area (Å²) >= 11 is 0. The Kier molecular flexibility index (Phi) is 4.35. The lowest BCUT2D eigenvalue weighted by Crippen LogP contribution is -2.45. The van der Waals surface area contributed by atoms with Crippen LogP contribution >= 0.6 is 8.25 Å². The van der Waals surface area contributed by atoms with Gasteiger partial charge in [-0.25, -0.2) is 9.78 Å². The molecule has 0 amide bonds. The van der Waals surface area contributed by atoms with Crippen LogP contribution in [0.4, 0.5) is 0 Å². The lowest BCUT2D eigenvalue weighted by Gasteiger charge is -2.31. The van der Waals surface area contributed by atoms with Gasteiger partial charge in [0.2, 0.25) is 5.60 Å². The Labute approximate surface area is 187 Å². The Morgan fingerprint density at radius 3 is 2.64 bits per heavy atom. The van der Waals surface area contributed by atoms with Crippen LogP contribution in [-0.4, -0.2) is 33.6 Å². The molecule has 33 heavy (non-hydrogen) atoms. The number of benzene rings is 1. The number of ether oxygens (including phenoxy) is 3. The van der Waals surface area contributed by atoms with Gasteiger partial charge >= 0.3 is 14.2 Å². The number of carbonyl (C=O) groups excluding carboxylic acids is 1. The SMILES string of the molecule is CC[C@@]1(O[P+](=O)O)C(=O)OCc2c1cc1n(c2=O)Cc2cc3cc4c(cc3nc2-1)OCCO4. The van der Waals surface area contributed by atoms with Crippen LogP contribution in [-0.2, 0) is 37.4 Å². The van der Waals surface area contributed by atoms with E-state index >= 15 is 0 Å². The van der Waals surface area contributed by atoms with E-state index in [-0.39, 0.29) is 29.7 Å². The van der Waals surface area contributed by atoms with E-state index in [1.165, 1.54) is 0 Å². The fourth-order valence-electron chi connectivity index (χ4n) is 4.79. The second-order valence-electron chi connectivity index (χ2n) is 8.08.